The van der Waals surface area contributed by atoms with Crippen LogP contribution in [0.25, 0.3) is 17.2 Å². The highest BCUT2D eigenvalue weighted by Crippen LogP contribution is 2.46. The number of carbonyl (C=O) groups is 1. The Morgan fingerprint density at radius 1 is 1.00 bits per heavy atom. The Morgan fingerprint density at radius 3 is 2.27 bits per heavy atom. The van der Waals surface area contributed by atoms with E-state index in [1.807, 2.05) is 19.2 Å². The molecule has 2 aromatic heterocycles. The van der Waals surface area contributed by atoms with Crippen molar-refractivity contribution in [1.29, 1.82) is 0 Å². The Morgan fingerprint density at radius 2 is 1.66 bits per heavy atom. The molecule has 216 valence electrons. The van der Waals surface area contributed by atoms with Crippen LogP contribution in [0.4, 0.5) is 10.1 Å². The van der Waals surface area contributed by atoms with Crippen LogP contribution in [0, 0.1) is 19.7 Å². The summed E-state index contributed by atoms with van der Waals surface area (Å²) in [7, 11) is 1.53. The second kappa shape index (κ2) is 11.3. The van der Waals surface area contributed by atoms with E-state index >= 15 is 0 Å². The van der Waals surface area contributed by atoms with E-state index in [1.165, 1.54) is 5.30 Å². The van der Waals surface area contributed by atoms with Crippen LogP contribution < -0.4 is 16.3 Å². The average molecular weight is 577 g/mol. The molecular formula is C31H38FN6O2P. The van der Waals surface area contributed by atoms with Crippen molar-refractivity contribution in [3.05, 3.63) is 81.4 Å². The molecule has 8 nitrogen and oxygen atoms in total. The van der Waals surface area contributed by atoms with Crippen LogP contribution in [0.15, 0.2) is 47.5 Å². The number of hydrogen-bond acceptors (Lipinski definition) is 4. The number of imidazole rings is 1. The van der Waals surface area contributed by atoms with Crippen LogP contribution in [-0.2, 0) is 17.8 Å². The van der Waals surface area contributed by atoms with Crippen molar-refractivity contribution in [3.8, 4) is 17.2 Å². The molecule has 0 aliphatic carbocycles. The smallest absolute Gasteiger partial charge is 0.338 e. The number of aromatic nitrogens is 4. The zero-order valence-electron chi connectivity index (χ0n) is 24.8. The van der Waals surface area contributed by atoms with Crippen molar-refractivity contribution < 1.29 is 9.18 Å². The van der Waals surface area contributed by atoms with Crippen LogP contribution >= 0.6 is 7.92 Å². The fraction of sp³-hybridized carbons (Fsp3) is 0.387. The van der Waals surface area contributed by atoms with Gasteiger partial charge in [0.05, 0.1) is 23.6 Å². The van der Waals surface area contributed by atoms with Gasteiger partial charge in [0.1, 0.15) is 11.6 Å². The first-order valence-corrected chi connectivity index (χ1v) is 15.5. The zero-order valence-corrected chi connectivity index (χ0v) is 25.7. The summed E-state index contributed by atoms with van der Waals surface area (Å²) in [5.41, 5.74) is 5.90. The van der Waals surface area contributed by atoms with Gasteiger partial charge in [0, 0.05) is 43.7 Å². The third kappa shape index (κ3) is 5.12. The van der Waals surface area contributed by atoms with E-state index in [2.05, 4.69) is 39.1 Å². The number of anilines is 1. The van der Waals surface area contributed by atoms with E-state index in [4.69, 9.17) is 5.10 Å². The van der Waals surface area contributed by atoms with Crippen molar-refractivity contribution >= 4 is 25.3 Å². The van der Waals surface area contributed by atoms with Crippen LogP contribution in [0.1, 0.15) is 50.1 Å². The summed E-state index contributed by atoms with van der Waals surface area (Å²) in [6.07, 6.45) is 4.90. The Balaban J connectivity index is 1.66. The molecule has 5 rings (SSSR count). The van der Waals surface area contributed by atoms with Gasteiger partial charge in [-0.1, -0.05) is 41.7 Å². The fourth-order valence-electron chi connectivity index (χ4n) is 5.93. The summed E-state index contributed by atoms with van der Waals surface area (Å²) in [4.78, 5) is 27.4. The minimum atomic E-state index is -0.390. The molecule has 41 heavy (non-hydrogen) atoms. The lowest BCUT2D eigenvalue weighted by Gasteiger charge is -2.28. The number of aryl methyl sites for hydroxylation is 2. The molecule has 1 N–H and O–H groups in total. The molecule has 2 aromatic carbocycles. The third-order valence-corrected chi connectivity index (χ3v) is 10.9. The van der Waals surface area contributed by atoms with Crippen LogP contribution in [0.5, 0.6) is 0 Å². The molecule has 0 atom stereocenters. The number of nitrogens with one attached hydrogen (secondary N) is 1. The van der Waals surface area contributed by atoms with Gasteiger partial charge < -0.3 is 10.2 Å². The molecule has 0 radical (unpaired) electrons. The predicted molar refractivity (Wildman–Crippen MR) is 164 cm³/mol. The van der Waals surface area contributed by atoms with Gasteiger partial charge in [-0.15, -0.1) is 0 Å². The van der Waals surface area contributed by atoms with Crippen molar-refractivity contribution in [2.24, 2.45) is 0 Å². The molecule has 0 saturated carbocycles. The van der Waals surface area contributed by atoms with Crippen LogP contribution in [0.2, 0.25) is 0 Å². The highest BCUT2D eigenvalue weighted by molar-refractivity contribution is 7.67. The van der Waals surface area contributed by atoms with Crippen molar-refractivity contribution in [2.75, 3.05) is 18.9 Å². The quantitative estimate of drug-likeness (QED) is 0.235. The lowest BCUT2D eigenvalue weighted by Crippen LogP contribution is -2.30. The first-order chi connectivity index (χ1) is 19.5. The summed E-state index contributed by atoms with van der Waals surface area (Å²) in [6, 6.07) is 9.67. The van der Waals surface area contributed by atoms with Gasteiger partial charge in [-0.2, -0.15) is 5.10 Å². The van der Waals surface area contributed by atoms with Gasteiger partial charge in [-0.05, 0) is 65.9 Å². The Hall–Kier alpha value is -3.71. The lowest BCUT2D eigenvalue weighted by molar-refractivity contribution is -0.118. The van der Waals surface area contributed by atoms with E-state index < -0.39 is 7.92 Å². The van der Waals surface area contributed by atoms with Gasteiger partial charge in [0.15, 0.2) is 0 Å². The van der Waals surface area contributed by atoms with E-state index in [1.54, 1.807) is 57.1 Å². The molecule has 3 heterocycles. The van der Waals surface area contributed by atoms with Crippen molar-refractivity contribution in [3.63, 3.8) is 0 Å². The summed E-state index contributed by atoms with van der Waals surface area (Å²) >= 11 is 0. The molecule has 0 saturated heterocycles. The molecule has 1 amide bonds. The molecule has 0 fully saturated rings. The zero-order chi connectivity index (χ0) is 29.6. The topological polar surface area (TPSA) is 77.1 Å². The first-order valence-electron chi connectivity index (χ1n) is 14.0. The largest absolute Gasteiger partial charge is 0.388 e. The lowest BCUT2D eigenvalue weighted by atomic mass is 10.1. The highest BCUT2D eigenvalue weighted by Gasteiger charge is 2.28. The Labute approximate surface area is 241 Å². The van der Waals surface area contributed by atoms with E-state index in [-0.39, 0.29) is 11.5 Å². The summed E-state index contributed by atoms with van der Waals surface area (Å²) < 4.78 is 19.4. The molecule has 1 aliphatic rings. The maximum Gasteiger partial charge on any atom is 0.338 e. The molecule has 1 aliphatic heterocycles. The Kier molecular flexibility index (Phi) is 7.93. The van der Waals surface area contributed by atoms with Gasteiger partial charge >= 0.3 is 5.69 Å². The minimum Gasteiger partial charge on any atom is -0.388 e. The van der Waals surface area contributed by atoms with Crippen molar-refractivity contribution in [2.45, 2.75) is 65.8 Å². The number of fused-ring (bicyclic) bond motifs is 1. The molecule has 0 spiro atoms. The second-order valence-corrected chi connectivity index (χ2v) is 14.6. The second-order valence-electron chi connectivity index (χ2n) is 11.2. The summed E-state index contributed by atoms with van der Waals surface area (Å²) in [5, 5.41) is 9.52. The van der Waals surface area contributed by atoms with E-state index in [9.17, 15) is 14.0 Å². The van der Waals surface area contributed by atoms with Crippen molar-refractivity contribution in [1.82, 2.24) is 23.8 Å². The van der Waals surface area contributed by atoms with E-state index in [0.717, 1.165) is 29.0 Å². The number of amides is 1. The number of rotatable bonds is 8. The van der Waals surface area contributed by atoms with Gasteiger partial charge in [0.2, 0.25) is 6.41 Å². The molecule has 4 aromatic rings. The highest BCUT2D eigenvalue weighted by atomic mass is 31.1. The molecule has 0 bridgehead atoms. The standard InChI is InChI=1S/C31H38FN6O2P/c1-19(2)41(20(3)4)28-9-8-23(16-27(28)33-7)36-12-13-37(31(36)40)30-25-17-35(18-39)11-10-26(25)34-38(30)24-14-21(5)29(32)22(6)15-24/h8-9,12-16,18-20,33H,10-11,17H2,1-7H3. The minimum absolute atomic E-state index is 0.252. The first kappa shape index (κ1) is 28.8. The number of nitrogens with zero attached hydrogens (tertiary/aromatic N) is 5. The molecule has 10 heteroatoms. The number of benzene rings is 2. The summed E-state index contributed by atoms with van der Waals surface area (Å²) in [5.74, 6) is 0.305. The van der Waals surface area contributed by atoms with Crippen LogP contribution in [-0.4, -0.2) is 55.1 Å². The maximum absolute atomic E-state index is 14.5. The van der Waals surface area contributed by atoms with Gasteiger partial charge in [0.25, 0.3) is 0 Å². The Bertz CT molecular complexity index is 1640. The number of hydrogen-bond donors (Lipinski definition) is 1. The van der Waals surface area contributed by atoms with Gasteiger partial charge in [-0.3, -0.25) is 13.9 Å². The van der Waals surface area contributed by atoms with Crippen LogP contribution in [0.3, 0.4) is 0 Å². The number of carbonyl (C=O) groups excluding carboxylic acids is 1. The average Bonchev–Trinajstić information content (AvgIpc) is 3.50. The fourth-order valence-corrected chi connectivity index (χ4v) is 8.94. The third-order valence-electron chi connectivity index (χ3n) is 7.78. The van der Waals surface area contributed by atoms with E-state index in [0.29, 0.717) is 53.5 Å². The summed E-state index contributed by atoms with van der Waals surface area (Å²) in [6.45, 7) is 13.4. The molecule has 0 unspecified atom stereocenters. The molecular weight excluding hydrogens is 538 g/mol. The SMILES string of the molecule is CNc1cc(-n2ccn(-c3c4c(nn3-c3cc(C)c(F)c(C)c3)CCN(C=O)C4)c2=O)ccc1P(C(C)C)C(C)C. The monoisotopic (exact) mass is 576 g/mol. The predicted octanol–water partition coefficient (Wildman–Crippen LogP) is 5.05. The van der Waals surface area contributed by atoms with Gasteiger partial charge in [-0.25, -0.2) is 13.9 Å². The maximum atomic E-state index is 14.5. The number of halogens is 1. The normalized spacial score (nSPS) is 13.4.